The normalized spacial score (nSPS) is 23.8. The Kier molecular flexibility index (Phi) is 3.02. The first kappa shape index (κ1) is 15.4. The van der Waals surface area contributed by atoms with Crippen molar-refractivity contribution in [3.63, 3.8) is 0 Å². The van der Waals surface area contributed by atoms with Gasteiger partial charge in [-0.15, -0.1) is 0 Å². The van der Waals surface area contributed by atoms with Crippen molar-refractivity contribution in [1.82, 2.24) is 0 Å². The van der Waals surface area contributed by atoms with Gasteiger partial charge in [-0.2, -0.15) is 0 Å². The smallest absolute Gasteiger partial charge is 0.431 e. The first-order chi connectivity index (χ1) is 11.2. The summed E-state index contributed by atoms with van der Waals surface area (Å²) in [5.41, 5.74) is 4.21. The van der Waals surface area contributed by atoms with Crippen LogP contribution in [0.15, 0.2) is 12.1 Å². The maximum absolute atomic E-state index is 13.1. The molecule has 0 aliphatic carbocycles. The van der Waals surface area contributed by atoms with E-state index in [2.05, 4.69) is 0 Å². The van der Waals surface area contributed by atoms with Crippen LogP contribution in [0.5, 0.6) is 23.0 Å². The predicted molar refractivity (Wildman–Crippen MR) is 90.7 cm³/mol. The molecular weight excluding hydrogens is 327 g/mol. The Hall–Kier alpha value is -2.13. The van der Waals surface area contributed by atoms with Crippen LogP contribution >= 0.6 is 7.60 Å². The van der Waals surface area contributed by atoms with E-state index in [4.69, 9.17) is 9.05 Å². The van der Waals surface area contributed by atoms with Crippen LogP contribution in [0.25, 0.3) is 0 Å². The summed E-state index contributed by atoms with van der Waals surface area (Å²) in [7, 11) is -3.37. The van der Waals surface area contributed by atoms with E-state index in [9.17, 15) is 14.8 Å². The predicted octanol–water partition coefficient (Wildman–Crippen LogP) is 4.44. The van der Waals surface area contributed by atoms with E-state index in [1.807, 2.05) is 27.7 Å². The summed E-state index contributed by atoms with van der Waals surface area (Å²) in [5.74, 6) is 0.640. The van der Waals surface area contributed by atoms with E-state index in [1.165, 1.54) is 0 Å². The van der Waals surface area contributed by atoms with Gasteiger partial charge in [0.15, 0.2) is 0 Å². The minimum absolute atomic E-state index is 0.111. The number of aryl methyl sites for hydroxylation is 4. The molecule has 2 heterocycles. The van der Waals surface area contributed by atoms with Crippen LogP contribution in [-0.2, 0) is 4.57 Å². The molecule has 2 aromatic carbocycles. The molecule has 2 aliphatic rings. The van der Waals surface area contributed by atoms with E-state index >= 15 is 0 Å². The van der Waals surface area contributed by atoms with E-state index in [0.717, 1.165) is 22.3 Å². The van der Waals surface area contributed by atoms with E-state index in [0.29, 0.717) is 22.6 Å². The van der Waals surface area contributed by atoms with Gasteiger partial charge in [-0.25, -0.2) is 4.57 Å². The fourth-order valence-electron chi connectivity index (χ4n) is 3.79. The van der Waals surface area contributed by atoms with E-state index in [-0.39, 0.29) is 17.7 Å². The Balaban J connectivity index is 2.11. The van der Waals surface area contributed by atoms with Crippen LogP contribution in [0.4, 0.5) is 0 Å². The maximum atomic E-state index is 13.1. The first-order valence-corrected chi connectivity index (χ1v) is 9.59. The molecule has 2 aromatic rings. The number of phenolic OH excluding ortho intramolecular Hbond substituents is 2. The number of benzene rings is 2. The van der Waals surface area contributed by atoms with Crippen LogP contribution in [0, 0.1) is 27.7 Å². The van der Waals surface area contributed by atoms with Gasteiger partial charge in [0.05, 0.1) is 6.16 Å². The summed E-state index contributed by atoms with van der Waals surface area (Å²) in [4.78, 5) is 0. The van der Waals surface area contributed by atoms with Crippen molar-refractivity contribution in [1.29, 1.82) is 0 Å². The Morgan fingerprint density at radius 2 is 1.29 bits per heavy atom. The lowest BCUT2D eigenvalue weighted by molar-refractivity contribution is 0.343. The SMILES string of the molecule is Cc1cc(C)c2c(c1O)C1CP(=O)(O2)Oc2c(C)cc(C)c(O)c21. The molecule has 0 fully saturated rings. The molecule has 4 rings (SSSR count). The van der Waals surface area contributed by atoms with Crippen LogP contribution in [0.1, 0.15) is 39.3 Å². The molecule has 0 radical (unpaired) electrons. The van der Waals surface area contributed by atoms with Crippen molar-refractivity contribution in [2.45, 2.75) is 33.6 Å². The van der Waals surface area contributed by atoms with Crippen LogP contribution in [0.2, 0.25) is 0 Å². The van der Waals surface area contributed by atoms with E-state index in [1.54, 1.807) is 12.1 Å². The van der Waals surface area contributed by atoms with Gasteiger partial charge in [0.25, 0.3) is 0 Å². The third kappa shape index (κ3) is 1.91. The Morgan fingerprint density at radius 1 is 0.875 bits per heavy atom. The number of rotatable bonds is 0. The minimum atomic E-state index is -3.37. The number of hydrogen-bond donors (Lipinski definition) is 2. The molecule has 6 heteroatoms. The Labute approximate surface area is 140 Å². The Morgan fingerprint density at radius 3 is 1.71 bits per heavy atom. The number of aromatic hydroxyl groups is 2. The quantitative estimate of drug-likeness (QED) is 0.690. The average molecular weight is 346 g/mol. The lowest BCUT2D eigenvalue weighted by Gasteiger charge is -2.39. The molecule has 0 amide bonds. The average Bonchev–Trinajstić information content (AvgIpc) is 2.49. The van der Waals surface area contributed by atoms with E-state index < -0.39 is 13.5 Å². The number of phenols is 2. The largest absolute Gasteiger partial charge is 0.507 e. The van der Waals surface area contributed by atoms with Gasteiger partial charge >= 0.3 is 7.60 Å². The van der Waals surface area contributed by atoms with Gasteiger partial charge in [0, 0.05) is 17.0 Å². The zero-order chi connectivity index (χ0) is 17.4. The van der Waals surface area contributed by atoms with Crippen molar-refractivity contribution in [3.8, 4) is 23.0 Å². The maximum Gasteiger partial charge on any atom is 0.431 e. The highest BCUT2D eigenvalue weighted by molar-refractivity contribution is 7.55. The van der Waals surface area contributed by atoms with Gasteiger partial charge in [-0.1, -0.05) is 0 Å². The van der Waals surface area contributed by atoms with Crippen molar-refractivity contribution >= 4 is 7.60 Å². The second kappa shape index (κ2) is 4.70. The van der Waals surface area contributed by atoms with Crippen molar-refractivity contribution in [3.05, 3.63) is 45.5 Å². The zero-order valence-corrected chi connectivity index (χ0v) is 14.9. The molecule has 2 bridgehead atoms. The summed E-state index contributed by atoms with van der Waals surface area (Å²) in [6, 6.07) is 3.59. The fraction of sp³-hybridized carbons (Fsp3) is 0.333. The monoisotopic (exact) mass is 346 g/mol. The zero-order valence-electron chi connectivity index (χ0n) is 14.0. The highest BCUT2D eigenvalue weighted by Crippen LogP contribution is 2.67. The van der Waals surface area contributed by atoms with Crippen molar-refractivity contribution < 1.29 is 23.8 Å². The second-order valence-electron chi connectivity index (χ2n) is 6.73. The third-order valence-corrected chi connectivity index (χ3v) is 6.63. The fourth-order valence-corrected chi connectivity index (χ4v) is 5.83. The number of hydrogen-bond acceptors (Lipinski definition) is 5. The third-order valence-electron chi connectivity index (χ3n) is 4.89. The van der Waals surface area contributed by atoms with Gasteiger partial charge in [0.2, 0.25) is 0 Å². The minimum Gasteiger partial charge on any atom is -0.507 e. The van der Waals surface area contributed by atoms with Crippen molar-refractivity contribution in [2.75, 3.05) is 6.16 Å². The van der Waals surface area contributed by atoms with Gasteiger partial charge in [-0.3, -0.25) is 0 Å². The van der Waals surface area contributed by atoms with Gasteiger partial charge in [0.1, 0.15) is 23.0 Å². The molecule has 5 nitrogen and oxygen atoms in total. The van der Waals surface area contributed by atoms with Crippen LogP contribution in [-0.4, -0.2) is 16.4 Å². The molecule has 0 saturated carbocycles. The van der Waals surface area contributed by atoms with Gasteiger partial charge < -0.3 is 19.3 Å². The summed E-state index contributed by atoms with van der Waals surface area (Å²) in [6.45, 7) is 7.33. The molecule has 126 valence electrons. The topological polar surface area (TPSA) is 76.0 Å². The number of fused-ring (bicyclic) bond motifs is 6. The molecule has 0 aromatic heterocycles. The molecule has 0 atom stereocenters. The summed E-state index contributed by atoms with van der Waals surface area (Å²) in [6.07, 6.45) is 0.111. The van der Waals surface area contributed by atoms with Gasteiger partial charge in [-0.05, 0) is 62.1 Å². The molecular formula is C18H19O5P. The molecule has 24 heavy (non-hydrogen) atoms. The summed E-state index contributed by atoms with van der Waals surface area (Å²) in [5, 5.41) is 21.3. The molecule has 2 aliphatic heterocycles. The highest BCUT2D eigenvalue weighted by atomic mass is 31.2. The molecule has 2 N–H and O–H groups in total. The van der Waals surface area contributed by atoms with Crippen molar-refractivity contribution in [2.24, 2.45) is 0 Å². The second-order valence-corrected chi connectivity index (χ2v) is 8.68. The standard InChI is InChI=1S/C18H19O5P/c1-8-5-10(3)17-13(15(8)19)12-7-24(21,22-17)23-18-11(4)6-9(2)16(20)14(12)18/h5-6,12,19-20H,7H2,1-4H3. The summed E-state index contributed by atoms with van der Waals surface area (Å²) >= 11 is 0. The molecule has 0 saturated heterocycles. The molecule has 0 spiro atoms. The summed E-state index contributed by atoms with van der Waals surface area (Å²) < 4.78 is 24.5. The lowest BCUT2D eigenvalue weighted by atomic mass is 9.85. The van der Waals surface area contributed by atoms with Crippen LogP contribution < -0.4 is 9.05 Å². The molecule has 0 unspecified atom stereocenters. The lowest BCUT2D eigenvalue weighted by Crippen LogP contribution is -2.26. The highest BCUT2D eigenvalue weighted by Gasteiger charge is 2.49. The first-order valence-electron chi connectivity index (χ1n) is 7.86. The Bertz CT molecular complexity index is 876. The van der Waals surface area contributed by atoms with Crippen LogP contribution in [0.3, 0.4) is 0 Å².